The van der Waals surface area contributed by atoms with Gasteiger partial charge in [-0.3, -0.25) is 4.79 Å². The second kappa shape index (κ2) is 10.4. The molecule has 0 radical (unpaired) electrons. The minimum absolute atomic E-state index is 0. The molecule has 29 heavy (non-hydrogen) atoms. The SMILES string of the molecule is CC(C)c1nccn1Cc1cccc(NC(=O)C(C)(N)c2ccccc2)c1.Cl.Cl. The summed E-state index contributed by atoms with van der Waals surface area (Å²) in [5, 5.41) is 2.95. The summed E-state index contributed by atoms with van der Waals surface area (Å²) in [5.74, 6) is 1.16. The van der Waals surface area contributed by atoms with Gasteiger partial charge in [0.1, 0.15) is 11.4 Å². The van der Waals surface area contributed by atoms with E-state index in [-0.39, 0.29) is 30.7 Å². The van der Waals surface area contributed by atoms with E-state index in [1.165, 1.54) is 0 Å². The predicted octanol–water partition coefficient (Wildman–Crippen LogP) is 4.71. The lowest BCUT2D eigenvalue weighted by Gasteiger charge is -2.24. The number of rotatable bonds is 6. The Morgan fingerprint density at radius 1 is 1.14 bits per heavy atom. The molecule has 1 amide bonds. The van der Waals surface area contributed by atoms with Gasteiger partial charge in [-0.1, -0.05) is 56.3 Å². The maximum absolute atomic E-state index is 12.8. The van der Waals surface area contributed by atoms with Crippen molar-refractivity contribution in [3.8, 4) is 0 Å². The molecule has 1 aromatic heterocycles. The molecule has 0 saturated heterocycles. The van der Waals surface area contributed by atoms with Crippen LogP contribution in [-0.2, 0) is 16.9 Å². The summed E-state index contributed by atoms with van der Waals surface area (Å²) in [7, 11) is 0. The van der Waals surface area contributed by atoms with Gasteiger partial charge in [-0.15, -0.1) is 24.8 Å². The second-order valence-electron chi connectivity index (χ2n) is 7.29. The summed E-state index contributed by atoms with van der Waals surface area (Å²) >= 11 is 0. The maximum Gasteiger partial charge on any atom is 0.248 e. The molecule has 0 bridgehead atoms. The number of halogens is 2. The number of imidazole rings is 1. The van der Waals surface area contributed by atoms with Crippen LogP contribution in [0.1, 0.15) is 43.6 Å². The predicted molar refractivity (Wildman–Crippen MR) is 123 cm³/mol. The Kier molecular flexibility index (Phi) is 8.89. The molecule has 3 N–H and O–H groups in total. The van der Waals surface area contributed by atoms with Crippen molar-refractivity contribution in [2.75, 3.05) is 5.32 Å². The number of hydrogen-bond acceptors (Lipinski definition) is 3. The summed E-state index contributed by atoms with van der Waals surface area (Å²) in [6.45, 7) is 6.68. The largest absolute Gasteiger partial charge is 0.330 e. The van der Waals surface area contributed by atoms with Crippen LogP contribution in [0.25, 0.3) is 0 Å². The van der Waals surface area contributed by atoms with Crippen molar-refractivity contribution in [1.82, 2.24) is 9.55 Å². The van der Waals surface area contributed by atoms with Crippen molar-refractivity contribution >= 4 is 36.4 Å². The van der Waals surface area contributed by atoms with Crippen LogP contribution in [0.5, 0.6) is 0 Å². The van der Waals surface area contributed by atoms with Crippen molar-refractivity contribution in [3.05, 3.63) is 83.9 Å². The molecule has 1 atom stereocenters. The van der Waals surface area contributed by atoms with Gasteiger partial charge in [0.2, 0.25) is 5.91 Å². The molecule has 0 aliphatic heterocycles. The first-order valence-electron chi connectivity index (χ1n) is 9.13. The summed E-state index contributed by atoms with van der Waals surface area (Å²) in [4.78, 5) is 17.2. The van der Waals surface area contributed by atoms with Gasteiger partial charge in [0, 0.05) is 30.5 Å². The summed E-state index contributed by atoms with van der Waals surface area (Å²) in [6, 6.07) is 17.2. The van der Waals surface area contributed by atoms with Crippen LogP contribution >= 0.6 is 24.8 Å². The third kappa shape index (κ3) is 5.82. The standard InChI is InChI=1S/C22H26N4O.2ClH/c1-16(2)20-24-12-13-26(20)15-17-8-7-11-19(14-17)25-21(27)22(3,23)18-9-5-4-6-10-18;;/h4-14,16H,15,23H2,1-3H3,(H,25,27);2*1H. The Morgan fingerprint density at radius 3 is 2.48 bits per heavy atom. The number of amides is 1. The van der Waals surface area contributed by atoms with Gasteiger partial charge in [0.05, 0.1) is 0 Å². The van der Waals surface area contributed by atoms with Crippen LogP contribution in [0.2, 0.25) is 0 Å². The number of nitrogens with zero attached hydrogens (tertiary/aromatic N) is 2. The van der Waals surface area contributed by atoms with Gasteiger partial charge in [0.15, 0.2) is 0 Å². The number of anilines is 1. The number of nitrogens with two attached hydrogens (primary N) is 1. The van der Waals surface area contributed by atoms with Crippen LogP contribution < -0.4 is 11.1 Å². The first-order valence-corrected chi connectivity index (χ1v) is 9.13. The van der Waals surface area contributed by atoms with E-state index >= 15 is 0 Å². The number of benzene rings is 2. The lowest BCUT2D eigenvalue weighted by atomic mass is 9.92. The van der Waals surface area contributed by atoms with Crippen LogP contribution in [0.3, 0.4) is 0 Å². The smallest absolute Gasteiger partial charge is 0.248 e. The summed E-state index contributed by atoms with van der Waals surface area (Å²) in [5.41, 5.74) is 7.80. The van der Waals surface area contributed by atoms with Crippen LogP contribution in [0.4, 0.5) is 5.69 Å². The van der Waals surface area contributed by atoms with Crippen molar-refractivity contribution < 1.29 is 4.79 Å². The fourth-order valence-corrected chi connectivity index (χ4v) is 3.08. The van der Waals surface area contributed by atoms with Crippen molar-refractivity contribution in [2.45, 2.75) is 38.8 Å². The van der Waals surface area contributed by atoms with Crippen LogP contribution in [0.15, 0.2) is 67.0 Å². The number of nitrogens with one attached hydrogen (secondary N) is 1. The molecule has 1 unspecified atom stereocenters. The Morgan fingerprint density at radius 2 is 1.83 bits per heavy atom. The molecular formula is C22H28Cl2N4O. The van der Waals surface area contributed by atoms with Crippen molar-refractivity contribution in [2.24, 2.45) is 5.73 Å². The molecule has 156 valence electrons. The zero-order valence-electron chi connectivity index (χ0n) is 16.8. The maximum atomic E-state index is 12.8. The molecule has 0 aliphatic carbocycles. The molecule has 3 aromatic rings. The molecular weight excluding hydrogens is 407 g/mol. The van der Waals surface area contributed by atoms with E-state index < -0.39 is 5.54 Å². The first kappa shape index (κ1) is 24.7. The van der Waals surface area contributed by atoms with E-state index in [1.54, 1.807) is 6.92 Å². The Bertz CT molecular complexity index is 923. The topological polar surface area (TPSA) is 72.9 Å². The van der Waals surface area contributed by atoms with Gasteiger partial charge in [0.25, 0.3) is 0 Å². The number of hydrogen-bond donors (Lipinski definition) is 2. The Hall–Kier alpha value is -2.34. The highest BCUT2D eigenvalue weighted by Crippen LogP contribution is 2.21. The third-order valence-corrected chi connectivity index (χ3v) is 4.65. The highest BCUT2D eigenvalue weighted by atomic mass is 35.5. The van der Waals surface area contributed by atoms with Crippen molar-refractivity contribution in [3.63, 3.8) is 0 Å². The molecule has 0 saturated carbocycles. The lowest BCUT2D eigenvalue weighted by molar-refractivity contribution is -0.120. The second-order valence-corrected chi connectivity index (χ2v) is 7.29. The van der Waals surface area contributed by atoms with Gasteiger partial charge < -0.3 is 15.6 Å². The Balaban J connectivity index is 0.00000210. The lowest BCUT2D eigenvalue weighted by Crippen LogP contribution is -2.45. The number of carbonyl (C=O) groups is 1. The van der Waals surface area contributed by atoms with E-state index in [0.717, 1.165) is 22.6 Å². The van der Waals surface area contributed by atoms with Gasteiger partial charge in [-0.25, -0.2) is 4.98 Å². The quantitative estimate of drug-likeness (QED) is 0.589. The summed E-state index contributed by atoms with van der Waals surface area (Å²) in [6.07, 6.45) is 3.80. The molecule has 0 fully saturated rings. The minimum Gasteiger partial charge on any atom is -0.330 e. The minimum atomic E-state index is -1.10. The highest BCUT2D eigenvalue weighted by Gasteiger charge is 2.30. The normalized spacial score (nSPS) is 12.4. The fourth-order valence-electron chi connectivity index (χ4n) is 3.08. The number of aromatic nitrogens is 2. The van der Waals surface area contributed by atoms with Crippen LogP contribution in [0, 0.1) is 0 Å². The third-order valence-electron chi connectivity index (χ3n) is 4.65. The molecule has 0 aliphatic rings. The van der Waals surface area contributed by atoms with Gasteiger partial charge in [-0.05, 0) is 30.2 Å². The average Bonchev–Trinajstić information content (AvgIpc) is 3.11. The zero-order valence-corrected chi connectivity index (χ0v) is 18.5. The summed E-state index contributed by atoms with van der Waals surface area (Å²) < 4.78 is 2.13. The van der Waals surface area contributed by atoms with E-state index in [2.05, 4.69) is 28.7 Å². The average molecular weight is 435 g/mol. The van der Waals surface area contributed by atoms with Gasteiger partial charge in [-0.2, -0.15) is 0 Å². The molecule has 5 nitrogen and oxygen atoms in total. The number of carbonyl (C=O) groups excluding carboxylic acids is 1. The molecule has 2 aromatic carbocycles. The van der Waals surface area contributed by atoms with Gasteiger partial charge >= 0.3 is 0 Å². The van der Waals surface area contributed by atoms with E-state index in [1.807, 2.05) is 67.0 Å². The highest BCUT2D eigenvalue weighted by molar-refractivity contribution is 5.98. The zero-order chi connectivity index (χ0) is 19.4. The molecule has 0 spiro atoms. The van der Waals surface area contributed by atoms with E-state index in [9.17, 15) is 4.79 Å². The van der Waals surface area contributed by atoms with E-state index in [4.69, 9.17) is 5.73 Å². The molecule has 1 heterocycles. The monoisotopic (exact) mass is 434 g/mol. The van der Waals surface area contributed by atoms with E-state index in [0.29, 0.717) is 12.5 Å². The van der Waals surface area contributed by atoms with Crippen LogP contribution in [-0.4, -0.2) is 15.5 Å². The first-order chi connectivity index (χ1) is 12.9. The Labute approximate surface area is 184 Å². The van der Waals surface area contributed by atoms with Crippen molar-refractivity contribution in [1.29, 1.82) is 0 Å². The molecule has 7 heteroatoms. The fraction of sp³-hybridized carbons (Fsp3) is 0.273. The molecule has 3 rings (SSSR count).